The summed E-state index contributed by atoms with van der Waals surface area (Å²) in [7, 11) is 0.553. The van der Waals surface area contributed by atoms with Crippen LogP contribution in [0.1, 0.15) is 71.1 Å². The summed E-state index contributed by atoms with van der Waals surface area (Å²) in [5, 5.41) is 11.6. The lowest BCUT2D eigenvalue weighted by atomic mass is 9.49. The van der Waals surface area contributed by atoms with Crippen molar-refractivity contribution in [3.05, 3.63) is 58.9 Å². The fourth-order valence-corrected chi connectivity index (χ4v) is 8.21. The van der Waals surface area contributed by atoms with Gasteiger partial charge in [-0.15, -0.1) is 0 Å². The van der Waals surface area contributed by atoms with Crippen LogP contribution in [0.4, 0.5) is 4.39 Å². The smallest absolute Gasteiger partial charge is 0.333 e. The average Bonchev–Trinajstić information content (AvgIpc) is 2.83. The van der Waals surface area contributed by atoms with Crippen molar-refractivity contribution < 1.29 is 23.5 Å². The number of hydrogen-bond acceptors (Lipinski definition) is 5. The zero-order chi connectivity index (χ0) is 27.3. The van der Waals surface area contributed by atoms with E-state index in [1.165, 1.54) is 12.1 Å². The predicted octanol–water partition coefficient (Wildman–Crippen LogP) is 4.64. The van der Waals surface area contributed by atoms with Crippen molar-refractivity contribution in [2.24, 2.45) is 17.8 Å². The van der Waals surface area contributed by atoms with Crippen LogP contribution in [0.25, 0.3) is 0 Å². The Morgan fingerprint density at radius 3 is 2.05 bits per heavy atom. The summed E-state index contributed by atoms with van der Waals surface area (Å²) < 4.78 is 25.5. The van der Waals surface area contributed by atoms with Gasteiger partial charge in [-0.05, 0) is 66.8 Å². The van der Waals surface area contributed by atoms with E-state index in [0.29, 0.717) is 47.7 Å². The molecule has 4 rings (SSSR count). The Morgan fingerprint density at radius 1 is 1.00 bits per heavy atom. The Balaban J connectivity index is 1.88. The van der Waals surface area contributed by atoms with Gasteiger partial charge >= 0.3 is 5.97 Å². The fraction of sp³-hybridized carbons (Fsp3) is 0.567. The number of aryl methyl sites for hydroxylation is 1. The van der Waals surface area contributed by atoms with Gasteiger partial charge in [-0.3, -0.25) is 4.90 Å². The van der Waals surface area contributed by atoms with Crippen molar-refractivity contribution in [2.75, 3.05) is 13.1 Å². The second kappa shape index (κ2) is 9.82. The number of halogens is 1. The van der Waals surface area contributed by atoms with Gasteiger partial charge in [0.15, 0.2) is 0 Å². The molecule has 0 aromatic heterocycles. The van der Waals surface area contributed by atoms with Gasteiger partial charge in [-0.25, -0.2) is 9.18 Å². The largest absolute Gasteiger partial charge is 0.553 e. The van der Waals surface area contributed by atoms with E-state index in [9.17, 15) is 14.3 Å². The van der Waals surface area contributed by atoms with Crippen molar-refractivity contribution in [3.8, 4) is 11.5 Å². The topological polar surface area (TPSA) is 59.0 Å². The molecule has 1 fully saturated rings. The van der Waals surface area contributed by atoms with Gasteiger partial charge in [-0.2, -0.15) is 0 Å². The highest BCUT2D eigenvalue weighted by Gasteiger charge is 2.69. The van der Waals surface area contributed by atoms with Crippen LogP contribution in [0, 0.1) is 30.5 Å². The number of hydrogen-bond donors (Lipinski definition) is 1. The van der Waals surface area contributed by atoms with Gasteiger partial charge in [0.05, 0.1) is 5.60 Å². The van der Waals surface area contributed by atoms with Crippen molar-refractivity contribution >= 4 is 16.5 Å². The molecule has 1 unspecified atom stereocenters. The van der Waals surface area contributed by atoms with Gasteiger partial charge in [0.25, 0.3) is 0 Å². The van der Waals surface area contributed by atoms with E-state index in [2.05, 4.69) is 59.4 Å². The summed E-state index contributed by atoms with van der Waals surface area (Å²) in [6.45, 7) is 16.2. The van der Waals surface area contributed by atoms with Crippen molar-refractivity contribution in [1.29, 1.82) is 0 Å². The minimum absolute atomic E-state index is 0.0511. The van der Waals surface area contributed by atoms with Crippen LogP contribution in [0.5, 0.6) is 11.5 Å². The van der Waals surface area contributed by atoms with E-state index in [4.69, 9.17) is 9.16 Å². The first-order valence-corrected chi connectivity index (χ1v) is 14.3. The lowest BCUT2D eigenvalue weighted by Crippen LogP contribution is -2.76. The maximum Gasteiger partial charge on any atom is 0.333 e. The summed E-state index contributed by atoms with van der Waals surface area (Å²) in [5.74, 6) is 1.01. The minimum atomic E-state index is -1.06. The van der Waals surface area contributed by atoms with Crippen molar-refractivity contribution in [2.45, 2.75) is 77.9 Å². The van der Waals surface area contributed by atoms with Gasteiger partial charge in [0.1, 0.15) is 22.9 Å². The molecule has 7 heteroatoms. The van der Waals surface area contributed by atoms with E-state index in [1.54, 1.807) is 12.1 Å². The van der Waals surface area contributed by atoms with E-state index in [1.807, 2.05) is 6.07 Å². The maximum atomic E-state index is 14.4. The molecule has 0 spiro atoms. The first-order chi connectivity index (χ1) is 17.4. The normalized spacial score (nSPS) is 23.4. The van der Waals surface area contributed by atoms with Crippen LogP contribution in [-0.4, -0.2) is 45.1 Å². The van der Waals surface area contributed by atoms with Gasteiger partial charge in [-0.1, -0.05) is 53.7 Å². The van der Waals surface area contributed by atoms with E-state index < -0.39 is 16.6 Å². The molecule has 2 aromatic carbocycles. The number of esters is 1. The molecule has 0 amide bonds. The first-order valence-electron chi connectivity index (χ1n) is 13.5. The van der Waals surface area contributed by atoms with Gasteiger partial charge in [0, 0.05) is 30.1 Å². The molecule has 1 N–H and O–H groups in total. The number of likely N-dealkylation sites (tertiary alicyclic amines) is 1. The third-order valence-corrected chi connectivity index (χ3v) is 9.65. The minimum Gasteiger partial charge on any atom is -0.553 e. The number of carbonyl (C=O) groups excluding carboxylic acids is 1. The average molecular weight is 528 g/mol. The van der Waals surface area contributed by atoms with Crippen LogP contribution in [-0.2, 0) is 15.8 Å². The fourth-order valence-electron chi connectivity index (χ4n) is 7.77. The Hall–Kier alpha value is -2.22. The van der Waals surface area contributed by atoms with Gasteiger partial charge in [0.2, 0.25) is 10.5 Å². The Bertz CT molecular complexity index is 1150. The maximum absolute atomic E-state index is 14.4. The lowest BCUT2D eigenvalue weighted by Gasteiger charge is -2.63. The predicted molar refractivity (Wildman–Crippen MR) is 147 cm³/mol. The summed E-state index contributed by atoms with van der Waals surface area (Å²) in [5.41, 5.74) is 0.289. The van der Waals surface area contributed by atoms with E-state index >= 15 is 0 Å². The third-order valence-electron chi connectivity index (χ3n) is 9.22. The molecule has 2 heterocycles. The molecule has 2 aromatic rings. The number of ether oxygens (including phenoxy) is 1. The number of rotatable bonds is 6. The van der Waals surface area contributed by atoms with Crippen LogP contribution in [0.2, 0.25) is 0 Å². The lowest BCUT2D eigenvalue weighted by molar-refractivity contribution is -0.179. The van der Waals surface area contributed by atoms with E-state index in [-0.39, 0.29) is 29.5 Å². The second-order valence-corrected chi connectivity index (χ2v) is 12.2. The Kier molecular flexibility index (Phi) is 7.38. The standard InChI is InChI=1S/C30H42FNO4Si/c1-18(2)29(19(3)4)24-16-21(7)25(36-37)17-26(24)35-27(33)30(29,20(5)6)32-14-12-28(34,13-15-32)22-8-10-23(31)11-9-22/h8-11,16-20,34H,12-15H2,1-7,37H3. The van der Waals surface area contributed by atoms with Crippen LogP contribution < -0.4 is 9.16 Å². The molecule has 5 nitrogen and oxygen atoms in total. The zero-order valence-electron chi connectivity index (χ0n) is 23.5. The molecule has 0 aliphatic carbocycles. The third kappa shape index (κ3) is 3.96. The first kappa shape index (κ1) is 27.8. The highest BCUT2D eigenvalue weighted by Crippen LogP contribution is 2.60. The number of carbonyl (C=O) groups is 1. The Morgan fingerprint density at radius 2 is 1.57 bits per heavy atom. The van der Waals surface area contributed by atoms with Gasteiger partial charge < -0.3 is 14.3 Å². The molecule has 1 saturated heterocycles. The number of piperidine rings is 1. The molecule has 0 radical (unpaired) electrons. The number of aliphatic hydroxyl groups is 1. The summed E-state index contributed by atoms with van der Waals surface area (Å²) in [6, 6.07) is 10.2. The summed E-state index contributed by atoms with van der Waals surface area (Å²) in [4.78, 5) is 16.7. The summed E-state index contributed by atoms with van der Waals surface area (Å²) >= 11 is 0. The number of benzene rings is 2. The van der Waals surface area contributed by atoms with E-state index in [0.717, 1.165) is 16.9 Å². The molecule has 202 valence electrons. The molecular weight excluding hydrogens is 485 g/mol. The molecular formula is C30H42FNO4Si. The van der Waals surface area contributed by atoms with Crippen molar-refractivity contribution in [3.63, 3.8) is 0 Å². The van der Waals surface area contributed by atoms with Crippen molar-refractivity contribution in [1.82, 2.24) is 4.90 Å². The van der Waals surface area contributed by atoms with Crippen LogP contribution in [0.15, 0.2) is 36.4 Å². The van der Waals surface area contributed by atoms with Crippen LogP contribution >= 0.6 is 0 Å². The SMILES string of the molecule is Cc1cc2c(cc1O[SiH3])OC(=O)C(C(C)C)(N1CCC(O)(c3ccc(F)cc3)CC1)C2(C(C)C)C(C)C. The molecule has 0 saturated carbocycles. The number of fused-ring (bicyclic) bond motifs is 1. The summed E-state index contributed by atoms with van der Waals surface area (Å²) in [6.07, 6.45) is 0.900. The molecule has 1 atom stereocenters. The second-order valence-electron chi connectivity index (χ2n) is 11.8. The quantitative estimate of drug-likeness (QED) is 0.337. The zero-order valence-corrected chi connectivity index (χ0v) is 25.5. The number of nitrogens with zero attached hydrogens (tertiary/aromatic N) is 1. The van der Waals surface area contributed by atoms with Crippen LogP contribution in [0.3, 0.4) is 0 Å². The highest BCUT2D eigenvalue weighted by atomic mass is 28.2. The molecule has 37 heavy (non-hydrogen) atoms. The molecule has 0 bridgehead atoms. The Labute approximate surface area is 223 Å². The monoisotopic (exact) mass is 527 g/mol. The molecule has 2 aliphatic heterocycles. The molecule has 2 aliphatic rings. The highest BCUT2D eigenvalue weighted by molar-refractivity contribution is 6.00.